The van der Waals surface area contributed by atoms with Crippen molar-refractivity contribution in [2.45, 2.75) is 45.6 Å². The molecule has 0 bridgehead atoms. The number of esters is 2. The van der Waals surface area contributed by atoms with Crippen LogP contribution in [-0.4, -0.2) is 37.6 Å². The zero-order valence-corrected chi connectivity index (χ0v) is 11.3. The second kappa shape index (κ2) is 6.43. The van der Waals surface area contributed by atoms with Crippen LogP contribution in [0.2, 0.25) is 0 Å². The fourth-order valence-electron chi connectivity index (χ4n) is 1.57. The van der Waals surface area contributed by atoms with Crippen LogP contribution in [0.1, 0.15) is 33.1 Å². The molecule has 0 aromatic carbocycles. The van der Waals surface area contributed by atoms with Crippen LogP contribution >= 0.6 is 0 Å². The summed E-state index contributed by atoms with van der Waals surface area (Å²) < 4.78 is 52.5. The third kappa shape index (κ3) is 3.84. The maximum Gasteiger partial charge on any atom is 0.404 e. The summed E-state index contributed by atoms with van der Waals surface area (Å²) in [7, 11) is 0. The third-order valence-electron chi connectivity index (χ3n) is 3.26. The summed E-state index contributed by atoms with van der Waals surface area (Å²) in [5.41, 5.74) is -2.63. The second-order valence-corrected chi connectivity index (χ2v) is 4.69. The zero-order chi connectivity index (χ0) is 15.4. The van der Waals surface area contributed by atoms with Crippen molar-refractivity contribution in [2.75, 3.05) is 13.2 Å². The highest BCUT2D eigenvalue weighted by Gasteiger charge is 2.56. The molecule has 0 aliphatic carbocycles. The van der Waals surface area contributed by atoms with Gasteiger partial charge >= 0.3 is 18.1 Å². The quantitative estimate of drug-likeness (QED) is 0.728. The van der Waals surface area contributed by atoms with Gasteiger partial charge in [0.1, 0.15) is 0 Å². The molecule has 0 aromatic heterocycles. The topological polar surface area (TPSA) is 61.8 Å². The Bertz CT molecular complexity index is 363. The number of carbonyl (C=O) groups is 2. The molecule has 1 fully saturated rings. The average molecular weight is 298 g/mol. The molecule has 1 saturated heterocycles. The van der Waals surface area contributed by atoms with Crippen LogP contribution in [0.4, 0.5) is 13.2 Å². The second-order valence-electron chi connectivity index (χ2n) is 4.69. The molecule has 0 saturated carbocycles. The monoisotopic (exact) mass is 298 g/mol. The summed E-state index contributed by atoms with van der Waals surface area (Å²) in [6.45, 7) is 1.56. The Labute approximate surface area is 114 Å². The number of hydrogen-bond acceptors (Lipinski definition) is 5. The molecule has 2 atom stereocenters. The van der Waals surface area contributed by atoms with E-state index < -0.39 is 42.8 Å². The van der Waals surface area contributed by atoms with E-state index in [1.165, 1.54) is 6.92 Å². The van der Waals surface area contributed by atoms with E-state index in [0.717, 1.165) is 13.3 Å². The van der Waals surface area contributed by atoms with Crippen molar-refractivity contribution in [2.24, 2.45) is 5.41 Å². The molecule has 0 spiro atoms. The Morgan fingerprint density at radius 3 is 2.45 bits per heavy atom. The van der Waals surface area contributed by atoms with E-state index in [9.17, 15) is 22.8 Å². The molecule has 1 heterocycles. The molecule has 116 valence electrons. The highest BCUT2D eigenvalue weighted by Crippen LogP contribution is 2.41. The molecule has 1 rings (SSSR count). The Hall–Kier alpha value is -1.31. The van der Waals surface area contributed by atoms with E-state index in [4.69, 9.17) is 9.47 Å². The van der Waals surface area contributed by atoms with Crippen molar-refractivity contribution in [3.8, 4) is 0 Å². The van der Waals surface area contributed by atoms with Gasteiger partial charge in [-0.15, -0.1) is 0 Å². The van der Waals surface area contributed by atoms with Gasteiger partial charge in [-0.2, -0.15) is 13.2 Å². The van der Waals surface area contributed by atoms with Crippen molar-refractivity contribution in [3.05, 3.63) is 0 Å². The lowest BCUT2D eigenvalue weighted by Crippen LogP contribution is -2.43. The number of rotatable bonds is 5. The summed E-state index contributed by atoms with van der Waals surface area (Å²) in [6.07, 6.45) is -4.66. The molecule has 2 unspecified atom stereocenters. The van der Waals surface area contributed by atoms with E-state index in [1.54, 1.807) is 0 Å². The largest absolute Gasteiger partial charge is 0.453 e. The standard InChI is InChI=1S/C12H17F3O5/c1-3-11(2,12(13,14)15)10(17)19-7-8(16)20-9-5-4-6-18-9/h9H,3-7H2,1-2H3. The molecule has 1 aliphatic rings. The van der Waals surface area contributed by atoms with Crippen LogP contribution in [0.15, 0.2) is 0 Å². The fraction of sp³-hybridized carbons (Fsp3) is 0.833. The highest BCUT2D eigenvalue weighted by atomic mass is 19.4. The lowest BCUT2D eigenvalue weighted by atomic mass is 9.87. The summed E-state index contributed by atoms with van der Waals surface area (Å²) in [4.78, 5) is 22.8. The number of ether oxygens (including phenoxy) is 3. The summed E-state index contributed by atoms with van der Waals surface area (Å²) >= 11 is 0. The van der Waals surface area contributed by atoms with Gasteiger partial charge in [0.15, 0.2) is 12.0 Å². The average Bonchev–Trinajstić information content (AvgIpc) is 2.86. The van der Waals surface area contributed by atoms with Crippen LogP contribution in [0.25, 0.3) is 0 Å². The van der Waals surface area contributed by atoms with E-state index in [-0.39, 0.29) is 0 Å². The van der Waals surface area contributed by atoms with Crippen molar-refractivity contribution >= 4 is 11.9 Å². The van der Waals surface area contributed by atoms with Crippen LogP contribution in [0, 0.1) is 5.41 Å². The number of carbonyl (C=O) groups excluding carboxylic acids is 2. The maximum atomic E-state index is 12.8. The van der Waals surface area contributed by atoms with E-state index in [1.807, 2.05) is 0 Å². The highest BCUT2D eigenvalue weighted by molar-refractivity contribution is 5.80. The van der Waals surface area contributed by atoms with Gasteiger partial charge in [0.05, 0.1) is 6.61 Å². The molecular weight excluding hydrogens is 281 g/mol. The molecule has 8 heteroatoms. The normalized spacial score (nSPS) is 22.1. The minimum Gasteiger partial charge on any atom is -0.453 e. The fourth-order valence-corrected chi connectivity index (χ4v) is 1.57. The van der Waals surface area contributed by atoms with E-state index in [0.29, 0.717) is 13.0 Å². The molecule has 0 N–H and O–H groups in total. The first-order chi connectivity index (χ1) is 9.20. The minimum absolute atomic E-state index is 0.458. The molecular formula is C12H17F3O5. The van der Waals surface area contributed by atoms with Crippen molar-refractivity contribution < 1.29 is 37.0 Å². The molecule has 1 aliphatic heterocycles. The van der Waals surface area contributed by atoms with Crippen molar-refractivity contribution in [1.29, 1.82) is 0 Å². The van der Waals surface area contributed by atoms with Gasteiger partial charge in [-0.25, -0.2) is 4.79 Å². The van der Waals surface area contributed by atoms with E-state index in [2.05, 4.69) is 4.74 Å². The molecule has 0 aromatic rings. The Morgan fingerprint density at radius 2 is 2.00 bits per heavy atom. The predicted octanol–water partition coefficient (Wildman–Crippen LogP) is 2.19. The summed E-state index contributed by atoms with van der Waals surface area (Å²) in [5, 5.41) is 0. The van der Waals surface area contributed by atoms with Crippen molar-refractivity contribution in [3.63, 3.8) is 0 Å². The SMILES string of the molecule is CCC(C)(C(=O)OCC(=O)OC1CCCO1)C(F)(F)F. The Morgan fingerprint density at radius 1 is 1.35 bits per heavy atom. The Balaban J connectivity index is 2.47. The molecule has 0 amide bonds. The van der Waals surface area contributed by atoms with Crippen LogP contribution in [0.3, 0.4) is 0 Å². The van der Waals surface area contributed by atoms with Gasteiger partial charge in [-0.1, -0.05) is 6.92 Å². The smallest absolute Gasteiger partial charge is 0.404 e. The molecule has 20 heavy (non-hydrogen) atoms. The first-order valence-electron chi connectivity index (χ1n) is 6.25. The summed E-state index contributed by atoms with van der Waals surface area (Å²) in [5.74, 6) is -2.41. The Kier molecular flexibility index (Phi) is 5.38. The first kappa shape index (κ1) is 16.7. The van der Waals surface area contributed by atoms with Crippen LogP contribution in [-0.2, 0) is 23.8 Å². The molecule has 5 nitrogen and oxygen atoms in total. The maximum absolute atomic E-state index is 12.8. The van der Waals surface area contributed by atoms with Gasteiger partial charge < -0.3 is 14.2 Å². The van der Waals surface area contributed by atoms with Crippen LogP contribution < -0.4 is 0 Å². The first-order valence-corrected chi connectivity index (χ1v) is 6.25. The lowest BCUT2D eigenvalue weighted by Gasteiger charge is -2.28. The van der Waals surface area contributed by atoms with Crippen molar-refractivity contribution in [1.82, 2.24) is 0 Å². The van der Waals surface area contributed by atoms with Gasteiger partial charge in [-0.05, 0) is 19.8 Å². The zero-order valence-electron chi connectivity index (χ0n) is 11.3. The minimum atomic E-state index is -4.74. The van der Waals surface area contributed by atoms with E-state index >= 15 is 0 Å². The van der Waals surface area contributed by atoms with Crippen LogP contribution in [0.5, 0.6) is 0 Å². The molecule has 0 radical (unpaired) electrons. The number of hydrogen-bond donors (Lipinski definition) is 0. The van der Waals surface area contributed by atoms with Gasteiger partial charge in [0.25, 0.3) is 0 Å². The van der Waals surface area contributed by atoms with Gasteiger partial charge in [-0.3, -0.25) is 4.79 Å². The third-order valence-corrected chi connectivity index (χ3v) is 3.26. The lowest BCUT2D eigenvalue weighted by molar-refractivity contribution is -0.232. The predicted molar refractivity (Wildman–Crippen MR) is 60.5 cm³/mol. The number of halogens is 3. The van der Waals surface area contributed by atoms with Gasteiger partial charge in [0.2, 0.25) is 6.29 Å². The van der Waals surface area contributed by atoms with Gasteiger partial charge in [0, 0.05) is 6.42 Å². The summed E-state index contributed by atoms with van der Waals surface area (Å²) in [6, 6.07) is 0. The number of alkyl halides is 3.